The van der Waals surface area contributed by atoms with Crippen LogP contribution in [0.3, 0.4) is 0 Å². The fourth-order valence-electron chi connectivity index (χ4n) is 9.19. The maximum Gasteiger partial charge on any atom is 0.261 e. The van der Waals surface area contributed by atoms with Crippen LogP contribution in [0.15, 0.2) is 121 Å². The fourth-order valence-corrected chi connectivity index (χ4v) is 18.6. The van der Waals surface area contributed by atoms with Crippen molar-refractivity contribution in [1.29, 1.82) is 0 Å². The summed E-state index contributed by atoms with van der Waals surface area (Å²) in [5, 5.41) is 17.2. The number of hydrogen-bond donors (Lipinski definition) is 1. The number of hydrogen-bond acceptors (Lipinski definition) is 4. The highest BCUT2D eigenvalue weighted by Crippen LogP contribution is 2.52. The Morgan fingerprint density at radius 1 is 0.542 bits per heavy atom. The maximum absolute atomic E-state index is 12.7. The van der Waals surface area contributed by atoms with Gasteiger partial charge in [0, 0.05) is 0 Å². The Labute approximate surface area is 289 Å². The normalized spacial score (nSPS) is 27.5. The molecule has 4 aromatic carbocycles. The predicted octanol–water partition coefficient (Wildman–Crippen LogP) is 6.44. The topological polar surface area (TPSA) is 51.2 Å². The summed E-state index contributed by atoms with van der Waals surface area (Å²) in [5.41, 5.74) is 0. The van der Waals surface area contributed by atoms with Crippen molar-refractivity contribution in [2.75, 3.05) is 0 Å². The van der Waals surface area contributed by atoms with Crippen molar-refractivity contribution in [3.63, 3.8) is 0 Å². The Kier molecular flexibility index (Phi) is 8.97. The molecule has 1 heterocycles. The number of epoxide rings is 1. The molecule has 1 aliphatic heterocycles. The first kappa shape index (κ1) is 33.6. The molecule has 1 N–H and O–H groups in total. The van der Waals surface area contributed by atoms with Gasteiger partial charge in [0.15, 0.2) is 0 Å². The highest BCUT2D eigenvalue weighted by atomic mass is 28.4. The number of rotatable bonds is 8. The lowest BCUT2D eigenvalue weighted by atomic mass is 9.67. The van der Waals surface area contributed by atoms with E-state index in [4.69, 9.17) is 13.6 Å². The first-order valence-electron chi connectivity index (χ1n) is 17.9. The minimum absolute atomic E-state index is 0.121. The third-order valence-corrected chi connectivity index (χ3v) is 21.6. The second-order valence-corrected chi connectivity index (χ2v) is 24.9. The highest BCUT2D eigenvalue weighted by Gasteiger charge is 2.61. The minimum Gasteiger partial charge on any atom is -0.402 e. The number of ether oxygens (including phenoxy) is 1. The van der Waals surface area contributed by atoms with Gasteiger partial charge in [-0.25, -0.2) is 0 Å². The lowest BCUT2D eigenvalue weighted by Crippen LogP contribution is -2.73. The molecule has 0 radical (unpaired) electrons. The molecule has 0 unspecified atom stereocenters. The summed E-state index contributed by atoms with van der Waals surface area (Å²) in [6, 6.07) is 43.4. The van der Waals surface area contributed by atoms with Crippen molar-refractivity contribution in [2.24, 2.45) is 11.8 Å². The number of aliphatic hydroxyl groups is 1. The smallest absolute Gasteiger partial charge is 0.261 e. The van der Waals surface area contributed by atoms with Crippen LogP contribution in [0.1, 0.15) is 60.8 Å². The van der Waals surface area contributed by atoms with E-state index in [1.165, 1.54) is 20.7 Å². The van der Waals surface area contributed by atoms with Crippen LogP contribution >= 0.6 is 0 Å². The van der Waals surface area contributed by atoms with Crippen LogP contribution in [0.2, 0.25) is 10.1 Å². The maximum atomic E-state index is 12.7. The van der Waals surface area contributed by atoms with Gasteiger partial charge < -0.3 is 18.7 Å². The van der Waals surface area contributed by atoms with Gasteiger partial charge in [-0.05, 0) is 61.9 Å². The summed E-state index contributed by atoms with van der Waals surface area (Å²) in [6.07, 6.45) is 1.84. The van der Waals surface area contributed by atoms with Crippen molar-refractivity contribution in [3.8, 4) is 0 Å². The number of fused-ring (bicyclic) bond motifs is 2. The largest absolute Gasteiger partial charge is 0.402 e. The fraction of sp³-hybridized carbons (Fsp3) is 0.429. The molecule has 0 spiro atoms. The zero-order chi connectivity index (χ0) is 33.7. The molecule has 0 amide bonds. The molecule has 0 aromatic heterocycles. The van der Waals surface area contributed by atoms with Gasteiger partial charge in [-0.2, -0.15) is 0 Å². The summed E-state index contributed by atoms with van der Waals surface area (Å²) in [7, 11) is -5.98. The third kappa shape index (κ3) is 5.78. The molecule has 48 heavy (non-hydrogen) atoms. The van der Waals surface area contributed by atoms with Crippen molar-refractivity contribution in [1.82, 2.24) is 0 Å². The molecule has 252 valence electrons. The highest BCUT2D eigenvalue weighted by molar-refractivity contribution is 7.00. The molecule has 3 fully saturated rings. The Morgan fingerprint density at radius 2 is 0.917 bits per heavy atom. The molecule has 7 atom stereocenters. The molecule has 3 aliphatic rings. The first-order valence-corrected chi connectivity index (χ1v) is 21.7. The standard InChI is InChI=1S/C42H52O4Si2/c1-41(2,3)47(31-19-11-7-12-20-31,32-21-13-8-14-22-32)45-38-28-30-27-36-37(44-36)29-35(30)39(43)40(38)46-48(42(4,5)6,33-23-15-9-16-24-33)34-25-17-10-18-26-34/h7-26,30,35-40,43H,27-29H2,1-6H3/t30-,35-,36+,37-,38-,39-,40+/m0/s1. The first-order chi connectivity index (χ1) is 23.0. The Balaban J connectivity index is 1.41. The van der Waals surface area contributed by atoms with E-state index in [1.807, 2.05) is 0 Å². The van der Waals surface area contributed by atoms with Crippen molar-refractivity contribution < 1.29 is 18.7 Å². The minimum atomic E-state index is -3.02. The predicted molar refractivity (Wildman–Crippen MR) is 200 cm³/mol. The monoisotopic (exact) mass is 676 g/mol. The molecular formula is C42H52O4Si2. The van der Waals surface area contributed by atoms with Crippen LogP contribution in [0.4, 0.5) is 0 Å². The Morgan fingerprint density at radius 3 is 1.31 bits per heavy atom. The lowest BCUT2D eigenvalue weighted by molar-refractivity contribution is -0.122. The lowest BCUT2D eigenvalue weighted by Gasteiger charge is -2.54. The molecule has 0 bridgehead atoms. The van der Waals surface area contributed by atoms with E-state index >= 15 is 0 Å². The van der Waals surface area contributed by atoms with Gasteiger partial charge in [-0.1, -0.05) is 163 Å². The van der Waals surface area contributed by atoms with Crippen LogP contribution < -0.4 is 20.7 Å². The van der Waals surface area contributed by atoms with Gasteiger partial charge in [-0.3, -0.25) is 0 Å². The zero-order valence-corrected chi connectivity index (χ0v) is 31.4. The van der Waals surface area contributed by atoms with Gasteiger partial charge in [0.1, 0.15) is 0 Å². The Bertz CT molecular complexity index is 1570. The molecule has 4 aromatic rings. The average Bonchev–Trinajstić information content (AvgIpc) is 3.85. The van der Waals surface area contributed by atoms with E-state index in [2.05, 4.69) is 163 Å². The van der Waals surface area contributed by atoms with E-state index in [0.717, 1.165) is 19.3 Å². The van der Waals surface area contributed by atoms with Gasteiger partial charge in [0.2, 0.25) is 0 Å². The second kappa shape index (κ2) is 12.8. The zero-order valence-electron chi connectivity index (χ0n) is 29.4. The van der Waals surface area contributed by atoms with E-state index in [9.17, 15) is 5.11 Å². The summed E-state index contributed by atoms with van der Waals surface area (Å²) in [5.74, 6) is 0.446. The van der Waals surface area contributed by atoms with Gasteiger partial charge in [0.25, 0.3) is 16.6 Å². The molecule has 6 heteroatoms. The molecule has 2 aliphatic carbocycles. The van der Waals surface area contributed by atoms with Crippen LogP contribution in [-0.2, 0) is 13.6 Å². The quantitative estimate of drug-likeness (QED) is 0.173. The second-order valence-electron chi connectivity index (χ2n) is 16.4. The SMILES string of the molecule is CC(C)(C)[Si](O[C@H]1[C@@H](O)[C@H]2C[C@@H]3O[C@@H]3C[C@H]2C[C@@H]1O[Si](c1ccccc1)(c1ccccc1)C(C)(C)C)(c1ccccc1)c1ccccc1. The summed E-state index contributed by atoms with van der Waals surface area (Å²) >= 11 is 0. The molecule has 7 rings (SSSR count). The molecule has 4 nitrogen and oxygen atoms in total. The molecular weight excluding hydrogens is 625 g/mol. The van der Waals surface area contributed by atoms with Gasteiger partial charge in [-0.15, -0.1) is 0 Å². The van der Waals surface area contributed by atoms with Crippen molar-refractivity contribution in [3.05, 3.63) is 121 Å². The number of aliphatic hydroxyl groups excluding tert-OH is 1. The van der Waals surface area contributed by atoms with Gasteiger partial charge in [0.05, 0.1) is 30.5 Å². The molecule has 2 saturated carbocycles. The van der Waals surface area contributed by atoms with E-state index in [-0.39, 0.29) is 28.2 Å². The van der Waals surface area contributed by atoms with Crippen molar-refractivity contribution in [2.45, 2.75) is 101 Å². The van der Waals surface area contributed by atoms with Crippen LogP contribution in [-0.4, -0.2) is 52.3 Å². The summed E-state index contributed by atoms with van der Waals surface area (Å²) in [4.78, 5) is 0. The third-order valence-electron chi connectivity index (χ3n) is 11.5. The van der Waals surface area contributed by atoms with Crippen LogP contribution in [0.5, 0.6) is 0 Å². The van der Waals surface area contributed by atoms with E-state index in [1.54, 1.807) is 0 Å². The van der Waals surface area contributed by atoms with Crippen LogP contribution in [0, 0.1) is 11.8 Å². The Hall–Kier alpha value is -2.85. The van der Waals surface area contributed by atoms with Gasteiger partial charge >= 0.3 is 0 Å². The van der Waals surface area contributed by atoms with Crippen molar-refractivity contribution >= 4 is 37.4 Å². The molecule has 1 saturated heterocycles. The summed E-state index contributed by atoms with van der Waals surface area (Å²) in [6.45, 7) is 14.0. The average molecular weight is 677 g/mol. The summed E-state index contributed by atoms with van der Waals surface area (Å²) < 4.78 is 22.0. The number of benzene rings is 4. The van der Waals surface area contributed by atoms with E-state index in [0.29, 0.717) is 12.0 Å². The van der Waals surface area contributed by atoms with E-state index < -0.39 is 28.8 Å². The van der Waals surface area contributed by atoms with Crippen LogP contribution in [0.25, 0.3) is 0 Å².